The maximum absolute atomic E-state index is 8.82. The highest BCUT2D eigenvalue weighted by molar-refractivity contribution is 4.58. The van der Waals surface area contributed by atoms with Crippen molar-refractivity contribution in [1.29, 1.82) is 0 Å². The Morgan fingerprint density at radius 3 is 1.93 bits per heavy atom. The molecule has 92 valence electrons. The van der Waals surface area contributed by atoms with Gasteiger partial charge in [-0.2, -0.15) is 0 Å². The molecule has 2 nitrogen and oxygen atoms in total. The molecule has 0 unspecified atom stereocenters. The molecule has 0 rings (SSSR count). The number of unbranched alkanes of at least 4 members (excludes halogenated alkanes) is 4. The van der Waals surface area contributed by atoms with Crippen LogP contribution in [0, 0.1) is 0 Å². The summed E-state index contributed by atoms with van der Waals surface area (Å²) in [6.45, 7) is 8.32. The molecule has 0 aromatic rings. The molecule has 0 fully saturated rings. The minimum Gasteiger partial charge on any atom is -0.396 e. The van der Waals surface area contributed by atoms with E-state index >= 15 is 0 Å². The Labute approximate surface area is 95.7 Å². The summed E-state index contributed by atoms with van der Waals surface area (Å²) in [5, 5.41) is 8.82. The molecule has 0 aliphatic carbocycles. The second-order valence-electron chi connectivity index (χ2n) is 4.33. The molecule has 0 aliphatic heterocycles. The summed E-state index contributed by atoms with van der Waals surface area (Å²) in [5.74, 6) is 0. The van der Waals surface area contributed by atoms with Crippen molar-refractivity contribution in [3.05, 3.63) is 0 Å². The van der Waals surface area contributed by atoms with Crippen LogP contribution in [0.3, 0.4) is 0 Å². The molecule has 2 heteroatoms. The van der Waals surface area contributed by atoms with Gasteiger partial charge in [0.05, 0.1) is 0 Å². The van der Waals surface area contributed by atoms with Crippen molar-refractivity contribution in [3.63, 3.8) is 0 Å². The van der Waals surface area contributed by atoms with Crippen LogP contribution in [0.1, 0.15) is 58.8 Å². The van der Waals surface area contributed by atoms with Crippen molar-refractivity contribution in [3.8, 4) is 0 Å². The van der Waals surface area contributed by atoms with E-state index in [0.717, 1.165) is 13.0 Å². The fraction of sp³-hybridized carbons (Fsp3) is 1.00. The van der Waals surface area contributed by atoms with Crippen molar-refractivity contribution in [1.82, 2.24) is 4.90 Å². The number of hydrogen-bond acceptors (Lipinski definition) is 2. The van der Waals surface area contributed by atoms with Gasteiger partial charge in [-0.3, -0.25) is 0 Å². The number of nitrogens with zero attached hydrogens (tertiary/aromatic N) is 1. The largest absolute Gasteiger partial charge is 0.396 e. The first-order chi connectivity index (χ1) is 7.35. The average molecular weight is 215 g/mol. The van der Waals surface area contributed by atoms with E-state index in [9.17, 15) is 0 Å². The van der Waals surface area contributed by atoms with Gasteiger partial charge in [0, 0.05) is 13.2 Å². The van der Waals surface area contributed by atoms with E-state index in [0.29, 0.717) is 6.61 Å². The minimum absolute atomic E-state index is 0.331. The van der Waals surface area contributed by atoms with Gasteiger partial charge in [0.15, 0.2) is 0 Å². The summed E-state index contributed by atoms with van der Waals surface area (Å²) < 4.78 is 0. The zero-order chi connectivity index (χ0) is 11.4. The summed E-state index contributed by atoms with van der Waals surface area (Å²) in [6, 6.07) is 0. The number of aliphatic hydroxyl groups is 1. The van der Waals surface area contributed by atoms with Crippen LogP contribution in [0.25, 0.3) is 0 Å². The number of aliphatic hydroxyl groups excluding tert-OH is 1. The smallest absolute Gasteiger partial charge is 0.0443 e. The van der Waals surface area contributed by atoms with E-state index in [1.165, 1.54) is 51.6 Å². The van der Waals surface area contributed by atoms with E-state index in [2.05, 4.69) is 18.7 Å². The lowest BCUT2D eigenvalue weighted by molar-refractivity contribution is 0.218. The lowest BCUT2D eigenvalue weighted by Gasteiger charge is -2.21. The summed E-state index contributed by atoms with van der Waals surface area (Å²) >= 11 is 0. The van der Waals surface area contributed by atoms with Gasteiger partial charge in [-0.15, -0.1) is 0 Å². The Hall–Kier alpha value is -0.0800. The molecule has 0 aliphatic rings. The van der Waals surface area contributed by atoms with Crippen molar-refractivity contribution in [2.45, 2.75) is 58.8 Å². The molecular weight excluding hydrogens is 186 g/mol. The van der Waals surface area contributed by atoms with Gasteiger partial charge in [-0.05, 0) is 32.4 Å². The molecule has 0 bridgehead atoms. The Balaban J connectivity index is 3.49. The highest BCUT2D eigenvalue weighted by Crippen LogP contribution is 2.03. The first kappa shape index (κ1) is 14.9. The molecule has 0 radical (unpaired) electrons. The van der Waals surface area contributed by atoms with Gasteiger partial charge in [-0.1, -0.05) is 39.5 Å². The lowest BCUT2D eigenvalue weighted by Crippen LogP contribution is -2.27. The second kappa shape index (κ2) is 12.0. The monoisotopic (exact) mass is 215 g/mol. The fourth-order valence-electron chi connectivity index (χ4n) is 1.77. The Morgan fingerprint density at radius 2 is 1.33 bits per heavy atom. The van der Waals surface area contributed by atoms with Gasteiger partial charge in [0.1, 0.15) is 0 Å². The first-order valence-corrected chi connectivity index (χ1v) is 6.68. The third-order valence-electron chi connectivity index (χ3n) is 2.79. The van der Waals surface area contributed by atoms with Gasteiger partial charge in [0.2, 0.25) is 0 Å². The quantitative estimate of drug-likeness (QED) is 0.535. The third-order valence-corrected chi connectivity index (χ3v) is 2.79. The van der Waals surface area contributed by atoms with E-state index in [1.807, 2.05) is 0 Å². The van der Waals surface area contributed by atoms with Gasteiger partial charge >= 0.3 is 0 Å². The molecule has 0 aromatic heterocycles. The molecule has 0 amide bonds. The van der Waals surface area contributed by atoms with Crippen LogP contribution >= 0.6 is 0 Å². The molecular formula is C13H29NO. The maximum atomic E-state index is 8.82. The van der Waals surface area contributed by atoms with Crippen LogP contribution in [0.4, 0.5) is 0 Å². The van der Waals surface area contributed by atoms with Crippen molar-refractivity contribution in [2.75, 3.05) is 26.2 Å². The maximum Gasteiger partial charge on any atom is 0.0443 e. The van der Waals surface area contributed by atoms with Crippen LogP contribution in [-0.2, 0) is 0 Å². The molecule has 15 heavy (non-hydrogen) atoms. The third kappa shape index (κ3) is 10.2. The number of rotatable bonds is 11. The van der Waals surface area contributed by atoms with E-state index in [-0.39, 0.29) is 0 Å². The van der Waals surface area contributed by atoms with Crippen molar-refractivity contribution in [2.24, 2.45) is 0 Å². The molecule has 0 spiro atoms. The SMILES string of the molecule is CCCCCCN(CCCC)CCCO. The molecule has 0 aromatic carbocycles. The van der Waals surface area contributed by atoms with Crippen LogP contribution in [0.15, 0.2) is 0 Å². The predicted octanol–water partition coefficient (Wildman–Crippen LogP) is 3.05. The van der Waals surface area contributed by atoms with Gasteiger partial charge in [-0.25, -0.2) is 0 Å². The van der Waals surface area contributed by atoms with Crippen LogP contribution in [0.5, 0.6) is 0 Å². The van der Waals surface area contributed by atoms with E-state index in [1.54, 1.807) is 0 Å². The van der Waals surface area contributed by atoms with E-state index < -0.39 is 0 Å². The van der Waals surface area contributed by atoms with Gasteiger partial charge < -0.3 is 10.0 Å². The zero-order valence-electron chi connectivity index (χ0n) is 10.7. The van der Waals surface area contributed by atoms with Crippen LogP contribution < -0.4 is 0 Å². The highest BCUT2D eigenvalue weighted by Gasteiger charge is 2.02. The summed E-state index contributed by atoms with van der Waals surface area (Å²) in [7, 11) is 0. The second-order valence-corrected chi connectivity index (χ2v) is 4.33. The minimum atomic E-state index is 0.331. The van der Waals surface area contributed by atoms with Crippen LogP contribution in [-0.4, -0.2) is 36.2 Å². The lowest BCUT2D eigenvalue weighted by atomic mass is 10.2. The molecule has 1 N–H and O–H groups in total. The molecule has 0 heterocycles. The topological polar surface area (TPSA) is 23.5 Å². The Morgan fingerprint density at radius 1 is 0.733 bits per heavy atom. The molecule has 0 saturated carbocycles. The standard InChI is InChI=1S/C13H29NO/c1-3-5-7-8-11-14(10-6-4-2)12-9-13-15/h15H,3-13H2,1-2H3. The number of hydrogen-bond donors (Lipinski definition) is 1. The highest BCUT2D eigenvalue weighted by atomic mass is 16.3. The zero-order valence-corrected chi connectivity index (χ0v) is 10.7. The fourth-order valence-corrected chi connectivity index (χ4v) is 1.77. The summed E-state index contributed by atoms with van der Waals surface area (Å²) in [5.41, 5.74) is 0. The molecule has 0 saturated heterocycles. The Kier molecular flexibility index (Phi) is 11.9. The van der Waals surface area contributed by atoms with E-state index in [4.69, 9.17) is 5.11 Å². The predicted molar refractivity (Wildman–Crippen MR) is 67.2 cm³/mol. The van der Waals surface area contributed by atoms with Crippen molar-refractivity contribution < 1.29 is 5.11 Å². The van der Waals surface area contributed by atoms with Crippen LogP contribution in [0.2, 0.25) is 0 Å². The average Bonchev–Trinajstić information content (AvgIpc) is 2.27. The summed E-state index contributed by atoms with van der Waals surface area (Å²) in [6.07, 6.45) is 8.84. The summed E-state index contributed by atoms with van der Waals surface area (Å²) in [4.78, 5) is 2.51. The normalized spacial score (nSPS) is 11.2. The molecule has 0 atom stereocenters. The van der Waals surface area contributed by atoms with Gasteiger partial charge in [0.25, 0.3) is 0 Å². The first-order valence-electron chi connectivity index (χ1n) is 6.68. The Bertz CT molecular complexity index is 109. The van der Waals surface area contributed by atoms with Crippen molar-refractivity contribution >= 4 is 0 Å².